The summed E-state index contributed by atoms with van der Waals surface area (Å²) in [7, 11) is 0. The molecule has 5 nitrogen and oxygen atoms in total. The van der Waals surface area contributed by atoms with Crippen molar-refractivity contribution in [2.75, 3.05) is 5.32 Å². The molecular formula is C20H20N4O. The minimum absolute atomic E-state index is 0.241. The number of carbonyl (C=O) groups is 1. The number of hydrogen-bond donors (Lipinski definition) is 2. The smallest absolute Gasteiger partial charge is 0.272 e. The fourth-order valence-corrected chi connectivity index (χ4v) is 2.48. The van der Waals surface area contributed by atoms with Crippen LogP contribution >= 0.6 is 0 Å². The van der Waals surface area contributed by atoms with Crippen LogP contribution in [0.4, 0.5) is 11.5 Å². The van der Waals surface area contributed by atoms with Crippen molar-refractivity contribution in [3.05, 3.63) is 83.0 Å². The van der Waals surface area contributed by atoms with E-state index in [1.165, 1.54) is 5.56 Å². The predicted molar refractivity (Wildman–Crippen MR) is 98.8 cm³/mol. The average Bonchev–Trinajstić information content (AvgIpc) is 2.63. The second kappa shape index (κ2) is 7.57. The first-order chi connectivity index (χ1) is 12.1. The van der Waals surface area contributed by atoms with E-state index in [4.69, 9.17) is 0 Å². The number of aryl methyl sites for hydroxylation is 2. The van der Waals surface area contributed by atoms with Gasteiger partial charge < -0.3 is 10.6 Å². The zero-order valence-electron chi connectivity index (χ0n) is 14.3. The fraction of sp³-hybridized carbons (Fsp3) is 0.150. The number of anilines is 2. The average molecular weight is 332 g/mol. The van der Waals surface area contributed by atoms with Crippen LogP contribution in [0.5, 0.6) is 0 Å². The van der Waals surface area contributed by atoms with Crippen LogP contribution in [-0.4, -0.2) is 16.1 Å². The first kappa shape index (κ1) is 16.6. The standard InChI is InChI=1S/C20H20N4O/c1-14-8-9-17(15(2)12-14)22-19-11-10-18(23-24-19)20(25)21-13-16-6-4-3-5-7-16/h3-12H,13H2,1-2H3,(H,21,25)(H,22,24). The molecule has 25 heavy (non-hydrogen) atoms. The van der Waals surface area contributed by atoms with Gasteiger partial charge in [-0.2, -0.15) is 0 Å². The zero-order valence-corrected chi connectivity index (χ0v) is 14.3. The van der Waals surface area contributed by atoms with Gasteiger partial charge in [-0.25, -0.2) is 0 Å². The van der Waals surface area contributed by atoms with E-state index >= 15 is 0 Å². The highest BCUT2D eigenvalue weighted by molar-refractivity contribution is 5.92. The summed E-state index contributed by atoms with van der Waals surface area (Å²) in [6.45, 7) is 4.55. The highest BCUT2D eigenvalue weighted by Gasteiger charge is 2.08. The van der Waals surface area contributed by atoms with Crippen molar-refractivity contribution < 1.29 is 4.79 Å². The van der Waals surface area contributed by atoms with Crippen LogP contribution in [0, 0.1) is 13.8 Å². The van der Waals surface area contributed by atoms with Gasteiger partial charge in [-0.3, -0.25) is 4.79 Å². The van der Waals surface area contributed by atoms with Crippen LogP contribution in [0.2, 0.25) is 0 Å². The van der Waals surface area contributed by atoms with E-state index in [2.05, 4.69) is 33.8 Å². The van der Waals surface area contributed by atoms with Crippen LogP contribution in [-0.2, 0) is 6.54 Å². The molecule has 0 fully saturated rings. The molecule has 0 unspecified atom stereocenters. The molecule has 0 saturated heterocycles. The molecule has 1 amide bonds. The predicted octanol–water partition coefficient (Wildman–Crippen LogP) is 3.77. The number of nitrogens with one attached hydrogen (secondary N) is 2. The summed E-state index contributed by atoms with van der Waals surface area (Å²) in [6.07, 6.45) is 0. The molecule has 0 aliphatic carbocycles. The second-order valence-electron chi connectivity index (χ2n) is 5.92. The van der Waals surface area contributed by atoms with Gasteiger partial charge in [0.25, 0.3) is 5.91 Å². The maximum atomic E-state index is 12.1. The Kier molecular flexibility index (Phi) is 5.04. The van der Waals surface area contributed by atoms with E-state index in [1.807, 2.05) is 49.4 Å². The van der Waals surface area contributed by atoms with Crippen LogP contribution in [0.25, 0.3) is 0 Å². The molecule has 0 saturated carbocycles. The molecule has 0 spiro atoms. The second-order valence-corrected chi connectivity index (χ2v) is 5.92. The lowest BCUT2D eigenvalue weighted by Crippen LogP contribution is -2.24. The van der Waals surface area contributed by atoms with Crippen molar-refractivity contribution in [3.63, 3.8) is 0 Å². The number of hydrogen-bond acceptors (Lipinski definition) is 4. The lowest BCUT2D eigenvalue weighted by molar-refractivity contribution is 0.0945. The van der Waals surface area contributed by atoms with Crippen LogP contribution < -0.4 is 10.6 Å². The Morgan fingerprint density at radius 3 is 2.44 bits per heavy atom. The largest absolute Gasteiger partial charge is 0.347 e. The van der Waals surface area contributed by atoms with E-state index in [1.54, 1.807) is 12.1 Å². The van der Waals surface area contributed by atoms with E-state index in [0.717, 1.165) is 16.8 Å². The third kappa shape index (κ3) is 4.41. The SMILES string of the molecule is Cc1ccc(Nc2ccc(C(=O)NCc3ccccc3)nn2)c(C)c1. The summed E-state index contributed by atoms with van der Waals surface area (Å²) in [5.74, 6) is 0.362. The summed E-state index contributed by atoms with van der Waals surface area (Å²) < 4.78 is 0. The van der Waals surface area contributed by atoms with Gasteiger partial charge in [-0.05, 0) is 43.2 Å². The Labute approximate surface area is 147 Å². The topological polar surface area (TPSA) is 66.9 Å². The molecule has 2 N–H and O–H groups in total. The number of aromatic nitrogens is 2. The Morgan fingerprint density at radius 2 is 1.76 bits per heavy atom. The molecular weight excluding hydrogens is 312 g/mol. The minimum atomic E-state index is -0.241. The van der Waals surface area contributed by atoms with Crippen molar-refractivity contribution in [1.29, 1.82) is 0 Å². The van der Waals surface area contributed by atoms with Gasteiger partial charge in [0, 0.05) is 12.2 Å². The molecule has 126 valence electrons. The van der Waals surface area contributed by atoms with Crippen LogP contribution in [0.1, 0.15) is 27.2 Å². The molecule has 5 heteroatoms. The molecule has 1 heterocycles. The summed E-state index contributed by atoms with van der Waals surface area (Å²) in [6, 6.07) is 19.3. The van der Waals surface area contributed by atoms with E-state index < -0.39 is 0 Å². The molecule has 2 aromatic carbocycles. The summed E-state index contributed by atoms with van der Waals surface area (Å²) >= 11 is 0. The Morgan fingerprint density at radius 1 is 0.960 bits per heavy atom. The highest BCUT2D eigenvalue weighted by atomic mass is 16.1. The molecule has 0 aliphatic heterocycles. The molecule has 0 radical (unpaired) electrons. The van der Waals surface area contributed by atoms with Crippen LogP contribution in [0.15, 0.2) is 60.7 Å². The Balaban J connectivity index is 1.62. The van der Waals surface area contributed by atoms with Gasteiger partial charge in [-0.1, -0.05) is 48.0 Å². The van der Waals surface area contributed by atoms with Crippen molar-refractivity contribution in [2.24, 2.45) is 0 Å². The molecule has 3 rings (SSSR count). The number of carbonyl (C=O) groups excluding carboxylic acids is 1. The molecule has 1 aromatic heterocycles. The summed E-state index contributed by atoms with van der Waals surface area (Å²) in [5.41, 5.74) is 4.64. The monoisotopic (exact) mass is 332 g/mol. The normalized spacial score (nSPS) is 10.3. The first-order valence-corrected chi connectivity index (χ1v) is 8.12. The molecule has 0 bridgehead atoms. The van der Waals surface area contributed by atoms with Crippen molar-refractivity contribution >= 4 is 17.4 Å². The van der Waals surface area contributed by atoms with E-state index in [-0.39, 0.29) is 5.91 Å². The lowest BCUT2D eigenvalue weighted by atomic mass is 10.1. The van der Waals surface area contributed by atoms with Gasteiger partial charge >= 0.3 is 0 Å². The van der Waals surface area contributed by atoms with Crippen molar-refractivity contribution in [3.8, 4) is 0 Å². The minimum Gasteiger partial charge on any atom is -0.347 e. The first-order valence-electron chi connectivity index (χ1n) is 8.12. The van der Waals surface area contributed by atoms with E-state index in [0.29, 0.717) is 18.1 Å². The quantitative estimate of drug-likeness (QED) is 0.746. The summed E-state index contributed by atoms with van der Waals surface area (Å²) in [5, 5.41) is 14.2. The van der Waals surface area contributed by atoms with Crippen LogP contribution in [0.3, 0.4) is 0 Å². The molecule has 0 aliphatic rings. The Bertz CT molecular complexity index is 861. The molecule has 0 atom stereocenters. The number of rotatable bonds is 5. The van der Waals surface area contributed by atoms with Crippen molar-refractivity contribution in [2.45, 2.75) is 20.4 Å². The molecule has 3 aromatic rings. The third-order valence-electron chi connectivity index (χ3n) is 3.84. The lowest BCUT2D eigenvalue weighted by Gasteiger charge is -2.09. The summed E-state index contributed by atoms with van der Waals surface area (Å²) in [4.78, 5) is 12.1. The fourth-order valence-electron chi connectivity index (χ4n) is 2.48. The number of benzene rings is 2. The van der Waals surface area contributed by atoms with Crippen molar-refractivity contribution in [1.82, 2.24) is 15.5 Å². The van der Waals surface area contributed by atoms with Gasteiger partial charge in [0.1, 0.15) is 0 Å². The Hall–Kier alpha value is -3.21. The van der Waals surface area contributed by atoms with Gasteiger partial charge in [0.05, 0.1) is 0 Å². The van der Waals surface area contributed by atoms with Gasteiger partial charge in [0.15, 0.2) is 11.5 Å². The maximum Gasteiger partial charge on any atom is 0.272 e. The van der Waals surface area contributed by atoms with E-state index in [9.17, 15) is 4.79 Å². The number of nitrogens with zero attached hydrogens (tertiary/aromatic N) is 2. The zero-order chi connectivity index (χ0) is 17.6. The van der Waals surface area contributed by atoms with Gasteiger partial charge in [0.2, 0.25) is 0 Å². The maximum absolute atomic E-state index is 12.1. The third-order valence-corrected chi connectivity index (χ3v) is 3.84. The highest BCUT2D eigenvalue weighted by Crippen LogP contribution is 2.19. The number of amides is 1. The van der Waals surface area contributed by atoms with Gasteiger partial charge in [-0.15, -0.1) is 10.2 Å².